The van der Waals surface area contributed by atoms with Crippen LogP contribution in [0.3, 0.4) is 0 Å². The van der Waals surface area contributed by atoms with Gasteiger partial charge in [0.2, 0.25) is 0 Å². The number of halogens is 1. The maximum absolute atomic E-state index is 11.8. The standard InChI is InChI=1S/C11H17N3O2S.ClH/c12-4-10-14-9(7-17-10)11(15)13-5-8-2-1-3-16-6-8;/h7-8H,1-6,12H2,(H,13,15);1H. The van der Waals surface area contributed by atoms with Gasteiger partial charge in [0, 0.05) is 25.1 Å². The number of nitrogens with one attached hydrogen (secondary N) is 1. The third kappa shape index (κ3) is 4.20. The molecule has 0 aromatic carbocycles. The van der Waals surface area contributed by atoms with E-state index in [-0.39, 0.29) is 18.3 Å². The van der Waals surface area contributed by atoms with Crippen LogP contribution in [0, 0.1) is 5.92 Å². The van der Waals surface area contributed by atoms with Crippen LogP contribution in [-0.2, 0) is 11.3 Å². The van der Waals surface area contributed by atoms with E-state index < -0.39 is 0 Å². The third-order valence-electron chi connectivity index (χ3n) is 2.76. The Kier molecular flexibility index (Phi) is 6.56. The van der Waals surface area contributed by atoms with Crippen LogP contribution >= 0.6 is 23.7 Å². The number of thiazole rings is 1. The maximum Gasteiger partial charge on any atom is 0.270 e. The number of nitrogens with zero attached hydrogens (tertiary/aromatic N) is 1. The van der Waals surface area contributed by atoms with Gasteiger partial charge in [-0.15, -0.1) is 23.7 Å². The number of aromatic nitrogens is 1. The molecular formula is C11H18ClN3O2S. The second-order valence-corrected chi connectivity index (χ2v) is 5.07. The largest absolute Gasteiger partial charge is 0.381 e. The first-order chi connectivity index (χ1) is 8.29. The fourth-order valence-corrected chi connectivity index (χ4v) is 2.46. The van der Waals surface area contributed by atoms with E-state index in [9.17, 15) is 4.79 Å². The molecule has 1 atom stereocenters. The Hall–Kier alpha value is -0.690. The number of ether oxygens (including phenoxy) is 1. The average Bonchev–Trinajstić information content (AvgIpc) is 2.86. The molecule has 1 fully saturated rings. The lowest BCUT2D eigenvalue weighted by molar-refractivity contribution is 0.0536. The molecule has 2 rings (SSSR count). The molecule has 1 aliphatic heterocycles. The molecule has 2 heterocycles. The monoisotopic (exact) mass is 291 g/mol. The van der Waals surface area contributed by atoms with Crippen LogP contribution in [0.2, 0.25) is 0 Å². The summed E-state index contributed by atoms with van der Waals surface area (Å²) in [7, 11) is 0. The van der Waals surface area contributed by atoms with Gasteiger partial charge in [-0.3, -0.25) is 4.79 Å². The molecule has 1 aromatic heterocycles. The molecule has 0 bridgehead atoms. The topological polar surface area (TPSA) is 77.2 Å². The third-order valence-corrected chi connectivity index (χ3v) is 3.64. The van der Waals surface area contributed by atoms with Crippen molar-refractivity contribution in [1.29, 1.82) is 0 Å². The zero-order valence-corrected chi connectivity index (χ0v) is 11.7. The van der Waals surface area contributed by atoms with E-state index in [0.717, 1.165) is 31.1 Å². The van der Waals surface area contributed by atoms with Crippen molar-refractivity contribution in [1.82, 2.24) is 10.3 Å². The van der Waals surface area contributed by atoms with Crippen LogP contribution in [0.15, 0.2) is 5.38 Å². The van der Waals surface area contributed by atoms with Gasteiger partial charge in [0.15, 0.2) is 0 Å². The number of amides is 1. The minimum absolute atomic E-state index is 0. The second-order valence-electron chi connectivity index (χ2n) is 4.12. The molecule has 7 heteroatoms. The van der Waals surface area contributed by atoms with Crippen molar-refractivity contribution in [2.45, 2.75) is 19.4 Å². The SMILES string of the molecule is Cl.NCc1nc(C(=O)NCC2CCCOC2)cs1. The number of carbonyl (C=O) groups excluding carboxylic acids is 1. The Balaban J connectivity index is 0.00000162. The van der Waals surface area contributed by atoms with Gasteiger partial charge < -0.3 is 15.8 Å². The lowest BCUT2D eigenvalue weighted by Gasteiger charge is -2.21. The Morgan fingerprint density at radius 3 is 3.11 bits per heavy atom. The van der Waals surface area contributed by atoms with Gasteiger partial charge in [-0.1, -0.05) is 0 Å². The molecule has 3 N–H and O–H groups in total. The average molecular weight is 292 g/mol. The van der Waals surface area contributed by atoms with Gasteiger partial charge in [0.1, 0.15) is 10.7 Å². The first-order valence-electron chi connectivity index (χ1n) is 5.80. The van der Waals surface area contributed by atoms with Crippen molar-refractivity contribution >= 4 is 29.7 Å². The minimum Gasteiger partial charge on any atom is -0.381 e. The van der Waals surface area contributed by atoms with Crippen LogP contribution in [0.4, 0.5) is 0 Å². The van der Waals surface area contributed by atoms with Gasteiger partial charge in [-0.05, 0) is 18.8 Å². The number of hydrogen-bond donors (Lipinski definition) is 2. The van der Waals surface area contributed by atoms with E-state index in [1.54, 1.807) is 5.38 Å². The molecule has 1 aliphatic rings. The van der Waals surface area contributed by atoms with Crippen LogP contribution in [0.25, 0.3) is 0 Å². The summed E-state index contributed by atoms with van der Waals surface area (Å²) >= 11 is 1.42. The quantitative estimate of drug-likeness (QED) is 0.873. The molecule has 1 saturated heterocycles. The summed E-state index contributed by atoms with van der Waals surface area (Å²) in [5.41, 5.74) is 5.92. The molecule has 102 valence electrons. The highest BCUT2D eigenvalue weighted by Crippen LogP contribution is 2.13. The molecule has 1 aromatic rings. The summed E-state index contributed by atoms with van der Waals surface area (Å²) in [6.07, 6.45) is 2.19. The smallest absolute Gasteiger partial charge is 0.270 e. The summed E-state index contributed by atoms with van der Waals surface area (Å²) in [6, 6.07) is 0. The fraction of sp³-hybridized carbons (Fsp3) is 0.636. The van der Waals surface area contributed by atoms with E-state index in [1.807, 2.05) is 0 Å². The number of nitrogens with two attached hydrogens (primary N) is 1. The van der Waals surface area contributed by atoms with Gasteiger partial charge in [0.25, 0.3) is 5.91 Å². The predicted octanol–water partition coefficient (Wildman–Crippen LogP) is 1.18. The van der Waals surface area contributed by atoms with Crippen molar-refractivity contribution in [3.05, 3.63) is 16.1 Å². The predicted molar refractivity (Wildman–Crippen MR) is 73.1 cm³/mol. The molecule has 0 saturated carbocycles. The Morgan fingerprint density at radius 2 is 2.50 bits per heavy atom. The molecule has 18 heavy (non-hydrogen) atoms. The van der Waals surface area contributed by atoms with E-state index in [0.29, 0.717) is 24.7 Å². The van der Waals surface area contributed by atoms with E-state index in [4.69, 9.17) is 10.5 Å². The van der Waals surface area contributed by atoms with Gasteiger partial charge in [0.05, 0.1) is 6.61 Å². The zero-order valence-electron chi connectivity index (χ0n) is 10.1. The van der Waals surface area contributed by atoms with E-state index in [2.05, 4.69) is 10.3 Å². The highest BCUT2D eigenvalue weighted by Gasteiger charge is 2.16. The molecule has 0 aliphatic carbocycles. The Bertz CT molecular complexity index is 380. The van der Waals surface area contributed by atoms with Crippen molar-refractivity contribution in [2.75, 3.05) is 19.8 Å². The van der Waals surface area contributed by atoms with Crippen molar-refractivity contribution in [3.8, 4) is 0 Å². The van der Waals surface area contributed by atoms with E-state index in [1.165, 1.54) is 11.3 Å². The van der Waals surface area contributed by atoms with Crippen LogP contribution in [-0.4, -0.2) is 30.6 Å². The maximum atomic E-state index is 11.8. The fourth-order valence-electron chi connectivity index (χ4n) is 1.80. The minimum atomic E-state index is -0.119. The van der Waals surface area contributed by atoms with Gasteiger partial charge in [-0.2, -0.15) is 0 Å². The van der Waals surface area contributed by atoms with Crippen LogP contribution in [0.5, 0.6) is 0 Å². The zero-order chi connectivity index (χ0) is 12.1. The highest BCUT2D eigenvalue weighted by molar-refractivity contribution is 7.09. The molecule has 5 nitrogen and oxygen atoms in total. The van der Waals surface area contributed by atoms with Crippen LogP contribution < -0.4 is 11.1 Å². The van der Waals surface area contributed by atoms with Crippen molar-refractivity contribution in [3.63, 3.8) is 0 Å². The second kappa shape index (κ2) is 7.68. The molecular weight excluding hydrogens is 274 g/mol. The lowest BCUT2D eigenvalue weighted by Crippen LogP contribution is -2.33. The van der Waals surface area contributed by atoms with Gasteiger partial charge in [-0.25, -0.2) is 4.98 Å². The number of hydrogen-bond acceptors (Lipinski definition) is 5. The Labute approximate surface area is 117 Å². The summed E-state index contributed by atoms with van der Waals surface area (Å²) < 4.78 is 5.36. The molecule has 1 unspecified atom stereocenters. The summed E-state index contributed by atoms with van der Waals surface area (Å²) in [4.78, 5) is 15.9. The first kappa shape index (κ1) is 15.4. The highest BCUT2D eigenvalue weighted by atomic mass is 35.5. The lowest BCUT2D eigenvalue weighted by atomic mass is 10.0. The van der Waals surface area contributed by atoms with Crippen molar-refractivity contribution < 1.29 is 9.53 Å². The molecule has 0 spiro atoms. The van der Waals surface area contributed by atoms with Crippen molar-refractivity contribution in [2.24, 2.45) is 11.7 Å². The summed E-state index contributed by atoms with van der Waals surface area (Å²) in [5, 5.41) is 5.42. The molecule has 1 amide bonds. The molecule has 0 radical (unpaired) electrons. The van der Waals surface area contributed by atoms with Gasteiger partial charge >= 0.3 is 0 Å². The normalized spacial score (nSPS) is 19.1. The number of carbonyl (C=O) groups is 1. The Morgan fingerprint density at radius 1 is 1.67 bits per heavy atom. The summed E-state index contributed by atoms with van der Waals surface area (Å²) in [6.45, 7) is 2.63. The first-order valence-corrected chi connectivity index (χ1v) is 6.68. The number of rotatable bonds is 4. The van der Waals surface area contributed by atoms with E-state index >= 15 is 0 Å². The summed E-state index contributed by atoms with van der Waals surface area (Å²) in [5.74, 6) is 0.312. The van der Waals surface area contributed by atoms with Crippen LogP contribution in [0.1, 0.15) is 28.3 Å².